The molecular weight excluding hydrogens is 324 g/mol. The van der Waals surface area contributed by atoms with Crippen molar-refractivity contribution in [2.45, 2.75) is 84.3 Å². The average molecular weight is 367 g/mol. The molecule has 5 heteroatoms. The number of likely N-dealkylation sites (tertiary alicyclic amines) is 1. The molecule has 0 aromatic rings. The van der Waals surface area contributed by atoms with Gasteiger partial charge < -0.3 is 20.3 Å². The van der Waals surface area contributed by atoms with Crippen molar-refractivity contribution >= 4 is 5.96 Å². The first kappa shape index (κ1) is 21.5. The zero-order valence-corrected chi connectivity index (χ0v) is 17.4. The van der Waals surface area contributed by atoms with Gasteiger partial charge in [-0.2, -0.15) is 0 Å². The Balaban J connectivity index is 1.68. The summed E-state index contributed by atoms with van der Waals surface area (Å²) in [6.07, 6.45) is 11.0. The van der Waals surface area contributed by atoms with Crippen LogP contribution in [0.2, 0.25) is 0 Å². The minimum atomic E-state index is 0.475. The lowest BCUT2D eigenvalue weighted by molar-refractivity contribution is 0.0468. The molecule has 0 aromatic carbocycles. The molecule has 2 aliphatic rings. The molecule has 1 aliphatic heterocycles. The van der Waals surface area contributed by atoms with Gasteiger partial charge in [0.1, 0.15) is 0 Å². The van der Waals surface area contributed by atoms with Gasteiger partial charge in [0.15, 0.2) is 5.96 Å². The van der Waals surface area contributed by atoms with E-state index in [-0.39, 0.29) is 0 Å². The predicted molar refractivity (Wildman–Crippen MR) is 111 cm³/mol. The lowest BCUT2D eigenvalue weighted by Crippen LogP contribution is -2.42. The van der Waals surface area contributed by atoms with Crippen LogP contribution in [0.1, 0.15) is 72.1 Å². The fraction of sp³-hybridized carbons (Fsp3) is 0.952. The quantitative estimate of drug-likeness (QED) is 0.299. The zero-order valence-electron chi connectivity index (χ0n) is 17.4. The Morgan fingerprint density at radius 1 is 1.08 bits per heavy atom. The van der Waals surface area contributed by atoms with E-state index in [0.29, 0.717) is 18.1 Å². The van der Waals surface area contributed by atoms with Crippen LogP contribution in [-0.2, 0) is 4.74 Å². The molecule has 1 saturated heterocycles. The highest BCUT2D eigenvalue weighted by Gasteiger charge is 2.21. The van der Waals surface area contributed by atoms with Crippen LogP contribution in [0.25, 0.3) is 0 Å². The second-order valence-corrected chi connectivity index (χ2v) is 8.23. The van der Waals surface area contributed by atoms with Crippen molar-refractivity contribution in [3.05, 3.63) is 0 Å². The summed E-state index contributed by atoms with van der Waals surface area (Å²) in [6, 6.07) is 0.647. The van der Waals surface area contributed by atoms with E-state index < -0.39 is 0 Å². The molecule has 1 aliphatic carbocycles. The van der Waals surface area contributed by atoms with Gasteiger partial charge in [0.05, 0.1) is 12.7 Å². The maximum atomic E-state index is 6.07. The van der Waals surface area contributed by atoms with Crippen LogP contribution in [0.15, 0.2) is 4.99 Å². The summed E-state index contributed by atoms with van der Waals surface area (Å²) >= 11 is 0. The molecule has 1 unspecified atom stereocenters. The molecule has 0 spiro atoms. The minimum Gasteiger partial charge on any atom is -0.376 e. The second-order valence-electron chi connectivity index (χ2n) is 8.23. The zero-order chi connectivity index (χ0) is 18.6. The number of nitrogens with one attached hydrogen (secondary N) is 2. The fourth-order valence-corrected chi connectivity index (χ4v) is 4.08. The number of nitrogens with zero attached hydrogens (tertiary/aromatic N) is 2. The maximum absolute atomic E-state index is 6.07. The van der Waals surface area contributed by atoms with Crippen LogP contribution >= 0.6 is 0 Å². The molecular formula is C21H42N4O. The standard InChI is InChI=1S/C21H42N4O/c1-4-22-21(23-13-15-26-20-11-7-5-6-8-12-20)24-16-19-10-9-14-25(17-19)18(2)3/h18-20H,4-17H2,1-3H3,(H2,22,23,24). The van der Waals surface area contributed by atoms with Crippen LogP contribution < -0.4 is 10.6 Å². The Bertz CT molecular complexity index is 391. The summed E-state index contributed by atoms with van der Waals surface area (Å²) < 4.78 is 6.07. The fourth-order valence-electron chi connectivity index (χ4n) is 4.08. The lowest BCUT2D eigenvalue weighted by Gasteiger charge is -2.34. The normalized spacial score (nSPS) is 23.8. The van der Waals surface area contributed by atoms with Crippen LogP contribution in [0, 0.1) is 5.92 Å². The van der Waals surface area contributed by atoms with E-state index in [4.69, 9.17) is 9.73 Å². The number of aliphatic imine (C=N–C) groups is 1. The highest BCUT2D eigenvalue weighted by molar-refractivity contribution is 5.79. The van der Waals surface area contributed by atoms with Crippen LogP contribution in [0.3, 0.4) is 0 Å². The van der Waals surface area contributed by atoms with Gasteiger partial charge in [0, 0.05) is 32.2 Å². The van der Waals surface area contributed by atoms with Gasteiger partial charge in [-0.1, -0.05) is 25.7 Å². The van der Waals surface area contributed by atoms with E-state index in [2.05, 4.69) is 36.3 Å². The largest absolute Gasteiger partial charge is 0.376 e. The van der Waals surface area contributed by atoms with E-state index in [9.17, 15) is 0 Å². The number of ether oxygens (including phenoxy) is 1. The van der Waals surface area contributed by atoms with E-state index in [0.717, 1.165) is 32.2 Å². The summed E-state index contributed by atoms with van der Waals surface area (Å²) in [7, 11) is 0. The topological polar surface area (TPSA) is 48.9 Å². The molecule has 152 valence electrons. The Hall–Kier alpha value is -0.810. The van der Waals surface area contributed by atoms with Crippen molar-refractivity contribution in [3.8, 4) is 0 Å². The van der Waals surface area contributed by atoms with Gasteiger partial charge >= 0.3 is 0 Å². The van der Waals surface area contributed by atoms with Crippen molar-refractivity contribution in [2.24, 2.45) is 10.9 Å². The Kier molecular flexibility index (Phi) is 10.4. The van der Waals surface area contributed by atoms with Crippen molar-refractivity contribution in [1.29, 1.82) is 0 Å². The molecule has 0 aromatic heterocycles. The minimum absolute atomic E-state index is 0.475. The highest BCUT2D eigenvalue weighted by atomic mass is 16.5. The van der Waals surface area contributed by atoms with Gasteiger partial charge in [-0.3, -0.25) is 4.99 Å². The van der Waals surface area contributed by atoms with Gasteiger partial charge in [0.2, 0.25) is 0 Å². The third-order valence-electron chi connectivity index (χ3n) is 5.68. The molecule has 2 N–H and O–H groups in total. The molecule has 2 rings (SSSR count). The predicted octanol–water partition coefficient (Wildman–Crippen LogP) is 3.40. The van der Waals surface area contributed by atoms with E-state index in [1.54, 1.807) is 0 Å². The van der Waals surface area contributed by atoms with E-state index in [1.165, 1.54) is 64.5 Å². The van der Waals surface area contributed by atoms with Crippen molar-refractivity contribution < 1.29 is 4.74 Å². The number of hydrogen-bond donors (Lipinski definition) is 2. The van der Waals surface area contributed by atoms with Crippen LogP contribution in [0.5, 0.6) is 0 Å². The van der Waals surface area contributed by atoms with Crippen LogP contribution in [0.4, 0.5) is 0 Å². The third kappa shape index (κ3) is 8.26. The van der Waals surface area contributed by atoms with E-state index >= 15 is 0 Å². The molecule has 1 heterocycles. The molecule has 1 atom stereocenters. The number of guanidine groups is 1. The molecule has 0 amide bonds. The Labute approximate surface area is 161 Å². The third-order valence-corrected chi connectivity index (χ3v) is 5.68. The van der Waals surface area contributed by atoms with E-state index in [1.807, 2.05) is 0 Å². The average Bonchev–Trinajstić information content (AvgIpc) is 2.92. The molecule has 0 bridgehead atoms. The summed E-state index contributed by atoms with van der Waals surface area (Å²) in [4.78, 5) is 7.43. The second kappa shape index (κ2) is 12.6. The molecule has 26 heavy (non-hydrogen) atoms. The smallest absolute Gasteiger partial charge is 0.191 e. The summed E-state index contributed by atoms with van der Waals surface area (Å²) in [5.41, 5.74) is 0. The van der Waals surface area contributed by atoms with Crippen molar-refractivity contribution in [2.75, 3.05) is 39.3 Å². The summed E-state index contributed by atoms with van der Waals surface area (Å²) in [5.74, 6) is 1.63. The van der Waals surface area contributed by atoms with Gasteiger partial charge in [-0.15, -0.1) is 0 Å². The molecule has 2 fully saturated rings. The maximum Gasteiger partial charge on any atom is 0.191 e. The van der Waals surface area contributed by atoms with Crippen molar-refractivity contribution in [3.63, 3.8) is 0 Å². The Morgan fingerprint density at radius 3 is 2.54 bits per heavy atom. The molecule has 0 radical (unpaired) electrons. The first-order valence-electron chi connectivity index (χ1n) is 11.1. The Morgan fingerprint density at radius 2 is 1.85 bits per heavy atom. The summed E-state index contributed by atoms with van der Waals surface area (Å²) in [5, 5.41) is 6.82. The number of rotatable bonds is 8. The van der Waals surface area contributed by atoms with Gasteiger partial charge in [-0.25, -0.2) is 0 Å². The van der Waals surface area contributed by atoms with Gasteiger partial charge in [0.25, 0.3) is 0 Å². The number of piperidine rings is 1. The van der Waals surface area contributed by atoms with Crippen LogP contribution in [-0.4, -0.2) is 62.3 Å². The monoisotopic (exact) mass is 366 g/mol. The molecule has 1 saturated carbocycles. The highest BCUT2D eigenvalue weighted by Crippen LogP contribution is 2.20. The SMILES string of the molecule is CCNC(=NCC1CCCN(C(C)C)C1)NCCOC1CCCCCC1. The number of hydrogen-bond acceptors (Lipinski definition) is 3. The van der Waals surface area contributed by atoms with Crippen molar-refractivity contribution in [1.82, 2.24) is 15.5 Å². The first-order valence-corrected chi connectivity index (χ1v) is 11.1. The van der Waals surface area contributed by atoms with Gasteiger partial charge in [-0.05, 0) is 58.9 Å². The summed E-state index contributed by atoms with van der Waals surface area (Å²) in [6.45, 7) is 12.6. The molecule has 5 nitrogen and oxygen atoms in total. The lowest BCUT2D eigenvalue weighted by atomic mass is 9.97. The first-order chi connectivity index (χ1) is 12.7.